The number of rotatable bonds is 9. The number of benzene rings is 2. The van der Waals surface area contributed by atoms with Gasteiger partial charge in [0.2, 0.25) is 0 Å². The zero-order valence-corrected chi connectivity index (χ0v) is 18.7. The van der Waals surface area contributed by atoms with Gasteiger partial charge in [0.25, 0.3) is 5.91 Å². The van der Waals surface area contributed by atoms with Crippen molar-refractivity contribution >= 4 is 24.3 Å². The summed E-state index contributed by atoms with van der Waals surface area (Å²) in [6.45, 7) is 7.49. The lowest BCUT2D eigenvalue weighted by Crippen LogP contribution is -2.37. The van der Waals surface area contributed by atoms with Crippen molar-refractivity contribution in [3.63, 3.8) is 0 Å². The maximum absolute atomic E-state index is 12.8. The molecule has 1 amide bonds. The summed E-state index contributed by atoms with van der Waals surface area (Å²) in [5.74, 6) is 0.124. The zero-order chi connectivity index (χ0) is 22.1. The van der Waals surface area contributed by atoms with Gasteiger partial charge in [0.1, 0.15) is 6.29 Å². The molecule has 4 nitrogen and oxygen atoms in total. The molecule has 4 heteroatoms. The lowest BCUT2D eigenvalue weighted by atomic mass is 10.0. The summed E-state index contributed by atoms with van der Waals surface area (Å²) in [6, 6.07) is 15.7. The normalized spacial score (nSPS) is 15.8. The fourth-order valence-corrected chi connectivity index (χ4v) is 4.05. The van der Waals surface area contributed by atoms with Crippen LogP contribution in [0.25, 0.3) is 12.2 Å². The van der Waals surface area contributed by atoms with E-state index in [0.717, 1.165) is 24.0 Å². The Kier molecular flexibility index (Phi) is 8.60. The third-order valence-electron chi connectivity index (χ3n) is 5.70. The Morgan fingerprint density at radius 1 is 1.00 bits per heavy atom. The minimum Gasteiger partial charge on any atom is -0.343 e. The van der Waals surface area contributed by atoms with E-state index in [0.29, 0.717) is 17.9 Å². The highest BCUT2D eigenvalue weighted by molar-refractivity contribution is 5.99. The quantitative estimate of drug-likeness (QED) is 0.451. The number of likely N-dealkylation sites (tertiary alicyclic amines) is 1. The predicted octanol–water partition coefficient (Wildman–Crippen LogP) is 5.19. The van der Waals surface area contributed by atoms with Crippen LogP contribution >= 0.6 is 0 Å². The Labute approximate surface area is 186 Å². The number of carbonyl (C=O) groups excluding carboxylic acids is 2. The van der Waals surface area contributed by atoms with E-state index in [4.69, 9.17) is 0 Å². The van der Waals surface area contributed by atoms with Crippen LogP contribution in [0.2, 0.25) is 0 Å². The Morgan fingerprint density at radius 3 is 2.39 bits per heavy atom. The average Bonchev–Trinajstić information content (AvgIpc) is 2.78. The highest BCUT2D eigenvalue weighted by atomic mass is 16.2. The zero-order valence-electron chi connectivity index (χ0n) is 18.7. The Bertz CT molecular complexity index is 880. The van der Waals surface area contributed by atoms with Crippen LogP contribution in [0.3, 0.4) is 0 Å². The summed E-state index contributed by atoms with van der Waals surface area (Å²) >= 11 is 0. The summed E-state index contributed by atoms with van der Waals surface area (Å²) in [6.07, 6.45) is 9.42. The van der Waals surface area contributed by atoms with Crippen LogP contribution in [0.1, 0.15) is 66.6 Å². The van der Waals surface area contributed by atoms with E-state index in [1.807, 2.05) is 44.2 Å². The van der Waals surface area contributed by atoms with Gasteiger partial charge in [-0.05, 0) is 61.0 Å². The molecule has 0 saturated carbocycles. The lowest BCUT2D eigenvalue weighted by molar-refractivity contribution is -0.109. The van der Waals surface area contributed by atoms with E-state index < -0.39 is 6.04 Å². The topological polar surface area (TPSA) is 49.4 Å². The molecule has 1 N–H and O–H groups in total. The summed E-state index contributed by atoms with van der Waals surface area (Å²) in [5, 5.41) is 2.85. The molecule has 1 unspecified atom stereocenters. The molecule has 0 radical (unpaired) electrons. The van der Waals surface area contributed by atoms with Crippen LogP contribution in [0, 0.1) is 5.92 Å². The van der Waals surface area contributed by atoms with Crippen molar-refractivity contribution in [1.29, 1.82) is 0 Å². The van der Waals surface area contributed by atoms with Crippen LogP contribution in [-0.2, 0) is 11.3 Å². The molecule has 31 heavy (non-hydrogen) atoms. The number of hydrogen-bond acceptors (Lipinski definition) is 3. The predicted molar refractivity (Wildman–Crippen MR) is 128 cm³/mol. The van der Waals surface area contributed by atoms with Crippen molar-refractivity contribution < 1.29 is 9.59 Å². The molecule has 1 aliphatic heterocycles. The molecule has 164 valence electrons. The maximum Gasteiger partial charge on any atom is 0.252 e. The van der Waals surface area contributed by atoms with Gasteiger partial charge in [-0.2, -0.15) is 0 Å². The summed E-state index contributed by atoms with van der Waals surface area (Å²) in [4.78, 5) is 26.6. The van der Waals surface area contributed by atoms with Crippen LogP contribution in [0.15, 0.2) is 48.5 Å². The molecule has 0 spiro atoms. The third-order valence-corrected chi connectivity index (χ3v) is 5.70. The fourth-order valence-electron chi connectivity index (χ4n) is 4.05. The van der Waals surface area contributed by atoms with E-state index in [-0.39, 0.29) is 5.91 Å². The molecule has 1 aliphatic rings. The molecule has 1 atom stereocenters. The van der Waals surface area contributed by atoms with Gasteiger partial charge in [0.15, 0.2) is 0 Å². The number of aldehydes is 1. The lowest BCUT2D eigenvalue weighted by Gasteiger charge is -2.26. The van der Waals surface area contributed by atoms with Gasteiger partial charge in [0.05, 0.1) is 6.04 Å². The molecule has 0 aromatic heterocycles. The van der Waals surface area contributed by atoms with Gasteiger partial charge in [-0.25, -0.2) is 0 Å². The Balaban J connectivity index is 1.65. The number of nitrogens with zero attached hydrogens (tertiary/aromatic N) is 1. The van der Waals surface area contributed by atoms with Crippen molar-refractivity contribution in [3.05, 3.63) is 70.8 Å². The molecule has 1 heterocycles. The van der Waals surface area contributed by atoms with Crippen molar-refractivity contribution in [2.24, 2.45) is 5.92 Å². The van der Waals surface area contributed by atoms with Gasteiger partial charge in [0, 0.05) is 12.1 Å². The first-order valence-electron chi connectivity index (χ1n) is 11.4. The monoisotopic (exact) mass is 418 g/mol. The van der Waals surface area contributed by atoms with Crippen molar-refractivity contribution in [1.82, 2.24) is 10.2 Å². The average molecular weight is 419 g/mol. The first kappa shape index (κ1) is 23.0. The van der Waals surface area contributed by atoms with E-state index in [2.05, 4.69) is 34.5 Å². The number of carbonyl (C=O) groups is 2. The molecule has 2 aromatic rings. The van der Waals surface area contributed by atoms with E-state index in [9.17, 15) is 9.59 Å². The SMILES string of the molecule is CC(C)CC(C=O)NC(=O)c1ccccc1/C=C/c1ccc(CN2CCCCC2)cc1. The van der Waals surface area contributed by atoms with E-state index >= 15 is 0 Å². The number of hydrogen-bond donors (Lipinski definition) is 1. The van der Waals surface area contributed by atoms with E-state index in [1.165, 1.54) is 37.9 Å². The molecule has 1 fully saturated rings. The van der Waals surface area contributed by atoms with Gasteiger partial charge >= 0.3 is 0 Å². The second-order valence-corrected chi connectivity index (χ2v) is 8.84. The van der Waals surface area contributed by atoms with Crippen molar-refractivity contribution in [2.75, 3.05) is 13.1 Å². The van der Waals surface area contributed by atoms with Crippen molar-refractivity contribution in [2.45, 2.75) is 52.1 Å². The number of amides is 1. The van der Waals surface area contributed by atoms with E-state index in [1.54, 1.807) is 6.07 Å². The molecule has 0 aliphatic carbocycles. The summed E-state index contributed by atoms with van der Waals surface area (Å²) in [7, 11) is 0. The summed E-state index contributed by atoms with van der Waals surface area (Å²) < 4.78 is 0. The molecule has 2 aromatic carbocycles. The Hall–Kier alpha value is -2.72. The first-order chi connectivity index (χ1) is 15.0. The van der Waals surface area contributed by atoms with Crippen LogP contribution in [0.5, 0.6) is 0 Å². The van der Waals surface area contributed by atoms with Crippen molar-refractivity contribution in [3.8, 4) is 0 Å². The second kappa shape index (κ2) is 11.6. The largest absolute Gasteiger partial charge is 0.343 e. The molecular formula is C27H34N2O2. The molecule has 0 bridgehead atoms. The third kappa shape index (κ3) is 7.18. The van der Waals surface area contributed by atoms with Crippen LogP contribution in [0.4, 0.5) is 0 Å². The molecular weight excluding hydrogens is 384 g/mol. The fraction of sp³-hybridized carbons (Fsp3) is 0.407. The maximum atomic E-state index is 12.8. The van der Waals surface area contributed by atoms with Gasteiger partial charge in [-0.1, -0.05) is 74.9 Å². The molecule has 3 rings (SSSR count). The summed E-state index contributed by atoms with van der Waals surface area (Å²) in [5.41, 5.74) is 3.86. The number of piperidine rings is 1. The highest BCUT2D eigenvalue weighted by Crippen LogP contribution is 2.17. The minimum absolute atomic E-state index is 0.213. The number of nitrogens with one attached hydrogen (secondary N) is 1. The first-order valence-corrected chi connectivity index (χ1v) is 11.4. The Morgan fingerprint density at radius 2 is 1.71 bits per heavy atom. The van der Waals surface area contributed by atoms with Gasteiger partial charge in [-0.3, -0.25) is 9.69 Å². The van der Waals surface area contributed by atoms with Gasteiger partial charge < -0.3 is 10.1 Å². The van der Waals surface area contributed by atoms with Crippen LogP contribution < -0.4 is 5.32 Å². The smallest absolute Gasteiger partial charge is 0.252 e. The highest BCUT2D eigenvalue weighted by Gasteiger charge is 2.16. The standard InChI is InChI=1S/C27H34N2O2/c1-21(2)18-25(20-30)28-27(31)26-9-5-4-8-24(26)15-14-22-10-12-23(13-11-22)19-29-16-6-3-7-17-29/h4-5,8-15,20-21,25H,3,6-7,16-19H2,1-2H3,(H,28,31)/b15-14+. The second-order valence-electron chi connectivity index (χ2n) is 8.84. The molecule has 1 saturated heterocycles. The minimum atomic E-state index is -0.461. The van der Waals surface area contributed by atoms with Gasteiger partial charge in [-0.15, -0.1) is 0 Å². The van der Waals surface area contributed by atoms with Crippen LogP contribution in [-0.4, -0.2) is 36.2 Å².